The zero-order valence-corrected chi connectivity index (χ0v) is 12.7. The summed E-state index contributed by atoms with van der Waals surface area (Å²) in [6, 6.07) is 4.72. The van der Waals surface area contributed by atoms with Gasteiger partial charge in [0.15, 0.2) is 0 Å². The highest BCUT2D eigenvalue weighted by Crippen LogP contribution is 2.29. The van der Waals surface area contributed by atoms with Crippen LogP contribution in [0.2, 0.25) is 0 Å². The van der Waals surface area contributed by atoms with E-state index in [1.165, 1.54) is 12.1 Å². The van der Waals surface area contributed by atoms with Crippen LogP contribution < -0.4 is 5.32 Å². The number of carbonyl (C=O) groups is 2. The molecule has 0 aliphatic rings. The van der Waals surface area contributed by atoms with Crippen molar-refractivity contribution in [1.29, 1.82) is 0 Å². The third kappa shape index (κ3) is 8.23. The highest BCUT2D eigenvalue weighted by molar-refractivity contribution is 5.78. The Morgan fingerprint density at radius 1 is 1.09 bits per heavy atom. The molecule has 0 radical (unpaired) electrons. The third-order valence-corrected chi connectivity index (χ3v) is 3.26. The van der Waals surface area contributed by atoms with Crippen LogP contribution in [0.5, 0.6) is 0 Å². The molecule has 1 rings (SSSR count). The normalized spacial score (nSPS) is 11.3. The van der Waals surface area contributed by atoms with E-state index in [9.17, 15) is 22.8 Å². The van der Waals surface area contributed by atoms with Crippen molar-refractivity contribution < 1.29 is 27.9 Å². The van der Waals surface area contributed by atoms with E-state index in [0.29, 0.717) is 24.9 Å². The van der Waals surface area contributed by atoms with E-state index >= 15 is 0 Å². The highest BCUT2D eigenvalue weighted by atomic mass is 19.4. The van der Waals surface area contributed by atoms with Crippen LogP contribution in [0, 0.1) is 0 Å². The lowest BCUT2D eigenvalue weighted by Crippen LogP contribution is -2.26. The van der Waals surface area contributed by atoms with E-state index in [2.05, 4.69) is 5.32 Å². The van der Waals surface area contributed by atoms with Gasteiger partial charge in [0.2, 0.25) is 5.91 Å². The second kappa shape index (κ2) is 9.17. The molecule has 0 aliphatic heterocycles. The average Bonchev–Trinajstić information content (AvgIpc) is 2.45. The monoisotopic (exact) mass is 331 g/mol. The molecule has 1 aromatic rings. The number of benzene rings is 1. The van der Waals surface area contributed by atoms with Gasteiger partial charge in [-0.05, 0) is 24.5 Å². The minimum atomic E-state index is -4.41. The van der Waals surface area contributed by atoms with Crippen LogP contribution in [0.3, 0.4) is 0 Å². The van der Waals surface area contributed by atoms with Crippen LogP contribution in [0.15, 0.2) is 24.3 Å². The van der Waals surface area contributed by atoms with Gasteiger partial charge >= 0.3 is 12.1 Å². The molecule has 0 saturated carbocycles. The number of rotatable bonds is 9. The molecule has 7 heteroatoms. The van der Waals surface area contributed by atoms with E-state index in [0.717, 1.165) is 25.0 Å². The maximum absolute atomic E-state index is 12.6. The number of carboxylic acid groups (broad SMARTS) is 1. The Hall–Kier alpha value is -2.05. The number of hydrogen-bond acceptors (Lipinski definition) is 2. The quantitative estimate of drug-likeness (QED) is 0.682. The van der Waals surface area contributed by atoms with Crippen molar-refractivity contribution in [2.75, 3.05) is 6.54 Å². The summed E-state index contributed by atoms with van der Waals surface area (Å²) in [4.78, 5) is 22.0. The van der Waals surface area contributed by atoms with Crippen LogP contribution in [0.4, 0.5) is 13.2 Å². The van der Waals surface area contributed by atoms with E-state index in [1.807, 2.05) is 0 Å². The minimum absolute atomic E-state index is 0.0943. The molecule has 23 heavy (non-hydrogen) atoms. The Morgan fingerprint density at radius 3 is 2.43 bits per heavy atom. The molecular weight excluding hydrogens is 311 g/mol. The van der Waals surface area contributed by atoms with E-state index in [1.54, 1.807) is 0 Å². The second-order valence-corrected chi connectivity index (χ2v) is 5.28. The first kappa shape index (κ1) is 19.0. The molecule has 0 spiro atoms. The molecule has 1 aromatic carbocycles. The number of nitrogens with one attached hydrogen (secondary N) is 1. The fourth-order valence-electron chi connectivity index (χ4n) is 2.09. The summed E-state index contributed by atoms with van der Waals surface area (Å²) >= 11 is 0. The summed E-state index contributed by atoms with van der Waals surface area (Å²) in [5, 5.41) is 11.1. The first-order valence-corrected chi connectivity index (χ1v) is 7.43. The van der Waals surface area contributed by atoms with Crippen LogP contribution in [0.1, 0.15) is 43.2 Å². The van der Waals surface area contributed by atoms with Crippen molar-refractivity contribution in [3.05, 3.63) is 35.4 Å². The average molecular weight is 331 g/mol. The summed E-state index contributed by atoms with van der Waals surface area (Å²) in [5.74, 6) is -1.14. The number of amides is 1. The summed E-state index contributed by atoms with van der Waals surface area (Å²) in [5.41, 5.74) is -0.444. The second-order valence-electron chi connectivity index (χ2n) is 5.28. The number of carbonyl (C=O) groups excluding carboxylic acids is 1. The Labute approximate surface area is 132 Å². The highest BCUT2D eigenvalue weighted by Gasteiger charge is 2.30. The van der Waals surface area contributed by atoms with E-state index < -0.39 is 17.7 Å². The van der Waals surface area contributed by atoms with Crippen molar-refractivity contribution in [2.45, 2.75) is 44.7 Å². The fourth-order valence-corrected chi connectivity index (χ4v) is 2.09. The van der Waals surface area contributed by atoms with Gasteiger partial charge in [0.1, 0.15) is 0 Å². The van der Waals surface area contributed by atoms with Gasteiger partial charge in [-0.25, -0.2) is 0 Å². The molecule has 2 N–H and O–H groups in total. The van der Waals surface area contributed by atoms with Crippen LogP contribution in [-0.4, -0.2) is 23.5 Å². The largest absolute Gasteiger partial charge is 0.481 e. The van der Waals surface area contributed by atoms with Crippen molar-refractivity contribution in [2.24, 2.45) is 0 Å². The molecule has 0 aromatic heterocycles. The summed E-state index contributed by atoms with van der Waals surface area (Å²) in [6.07, 6.45) is -1.47. The van der Waals surface area contributed by atoms with E-state index in [-0.39, 0.29) is 18.7 Å². The number of alkyl halides is 3. The van der Waals surface area contributed by atoms with Gasteiger partial charge in [-0.15, -0.1) is 0 Å². The molecule has 0 heterocycles. The maximum Gasteiger partial charge on any atom is 0.416 e. The molecule has 4 nitrogen and oxygen atoms in total. The van der Waals surface area contributed by atoms with Gasteiger partial charge in [0, 0.05) is 13.0 Å². The molecule has 128 valence electrons. The zero-order valence-electron chi connectivity index (χ0n) is 12.7. The first-order chi connectivity index (χ1) is 10.8. The standard InChI is InChI=1S/C16H20F3NO3/c17-16(18,19)13-7-5-6-12(10-13)11-14(21)20-9-4-2-1-3-8-15(22)23/h5-7,10H,1-4,8-9,11H2,(H,20,21)(H,22,23). The fraction of sp³-hybridized carbons (Fsp3) is 0.500. The molecule has 0 saturated heterocycles. The van der Waals surface area contributed by atoms with Crippen molar-refractivity contribution in [1.82, 2.24) is 5.32 Å². The van der Waals surface area contributed by atoms with Crippen LogP contribution in [-0.2, 0) is 22.2 Å². The topological polar surface area (TPSA) is 66.4 Å². The number of hydrogen-bond donors (Lipinski definition) is 2. The van der Waals surface area contributed by atoms with Crippen molar-refractivity contribution in [3.8, 4) is 0 Å². The molecule has 0 atom stereocenters. The molecule has 0 unspecified atom stereocenters. The maximum atomic E-state index is 12.6. The number of carboxylic acids is 1. The molecule has 0 bridgehead atoms. The predicted octanol–water partition coefficient (Wildman–Crippen LogP) is 3.40. The molecule has 0 aliphatic carbocycles. The van der Waals surface area contributed by atoms with Crippen LogP contribution in [0.25, 0.3) is 0 Å². The van der Waals surface area contributed by atoms with Gasteiger partial charge in [0.25, 0.3) is 0 Å². The smallest absolute Gasteiger partial charge is 0.416 e. The Kier molecular flexibility index (Phi) is 7.57. The SMILES string of the molecule is O=C(O)CCCCCCNC(=O)Cc1cccc(C(F)(F)F)c1. The van der Waals surface area contributed by atoms with Gasteiger partial charge in [0.05, 0.1) is 12.0 Å². The van der Waals surface area contributed by atoms with Crippen LogP contribution >= 0.6 is 0 Å². The Balaban J connectivity index is 2.25. The lowest BCUT2D eigenvalue weighted by Gasteiger charge is -2.09. The van der Waals surface area contributed by atoms with Gasteiger partial charge in [-0.3, -0.25) is 9.59 Å². The van der Waals surface area contributed by atoms with Crippen molar-refractivity contribution in [3.63, 3.8) is 0 Å². The number of halogens is 3. The number of aliphatic carboxylic acids is 1. The van der Waals surface area contributed by atoms with Crippen molar-refractivity contribution >= 4 is 11.9 Å². The lowest BCUT2D eigenvalue weighted by molar-refractivity contribution is -0.138. The summed E-state index contributed by atoms with van der Waals surface area (Å²) in [6.45, 7) is 0.435. The van der Waals surface area contributed by atoms with Gasteiger partial charge in [-0.2, -0.15) is 13.2 Å². The third-order valence-electron chi connectivity index (χ3n) is 3.26. The van der Waals surface area contributed by atoms with Gasteiger partial charge in [-0.1, -0.05) is 31.0 Å². The summed E-state index contributed by atoms with van der Waals surface area (Å²) in [7, 11) is 0. The first-order valence-electron chi connectivity index (χ1n) is 7.43. The van der Waals surface area contributed by atoms with E-state index in [4.69, 9.17) is 5.11 Å². The number of unbranched alkanes of at least 4 members (excludes halogenated alkanes) is 3. The Morgan fingerprint density at radius 2 is 1.78 bits per heavy atom. The predicted molar refractivity (Wildman–Crippen MR) is 78.9 cm³/mol. The summed E-state index contributed by atoms with van der Waals surface area (Å²) < 4.78 is 37.7. The van der Waals surface area contributed by atoms with Gasteiger partial charge < -0.3 is 10.4 Å². The Bertz CT molecular complexity index is 530. The molecule has 0 fully saturated rings. The lowest BCUT2D eigenvalue weighted by atomic mass is 10.1. The molecule has 1 amide bonds. The minimum Gasteiger partial charge on any atom is -0.481 e. The molecular formula is C16H20F3NO3. The zero-order chi connectivity index (χ0) is 17.3.